The minimum atomic E-state index is -0.926. The van der Waals surface area contributed by atoms with Gasteiger partial charge in [-0.3, -0.25) is 9.36 Å². The molecule has 1 aromatic heterocycles. The number of rotatable bonds is 0. The number of aromatic nitrogens is 2. The molecule has 0 saturated heterocycles. The third-order valence-corrected chi connectivity index (χ3v) is 4.92. The minimum Gasteiger partial charge on any atom is -0.296 e. The summed E-state index contributed by atoms with van der Waals surface area (Å²) in [5, 5.41) is 0.565. The third kappa shape index (κ3) is 3.35. The lowest BCUT2D eigenvalue weighted by Crippen LogP contribution is -2.36. The number of aryl methyl sites for hydroxylation is 1. The van der Waals surface area contributed by atoms with Gasteiger partial charge in [0.05, 0.1) is 10.9 Å². The average molecular weight is 364 g/mol. The van der Waals surface area contributed by atoms with Crippen LogP contribution in [0.2, 0.25) is 0 Å². The van der Waals surface area contributed by atoms with Crippen LogP contribution in [-0.4, -0.2) is 9.55 Å². The van der Waals surface area contributed by atoms with Gasteiger partial charge >= 0.3 is 0 Å². The van der Waals surface area contributed by atoms with Crippen LogP contribution >= 0.6 is 0 Å². The Morgan fingerprint density at radius 2 is 1.74 bits per heavy atom. The zero-order chi connectivity index (χ0) is 19.2. The maximum atomic E-state index is 13.3. The lowest BCUT2D eigenvalue weighted by Gasteiger charge is -2.31. The Morgan fingerprint density at radius 1 is 1.04 bits per heavy atom. The van der Waals surface area contributed by atoms with E-state index in [2.05, 4.69) is 30.7 Å². The van der Waals surface area contributed by atoms with Crippen LogP contribution in [-0.2, 0) is 13.0 Å². The average Bonchev–Trinajstić information content (AvgIpc) is 2.63. The fourth-order valence-corrected chi connectivity index (χ4v) is 3.37. The summed E-state index contributed by atoms with van der Waals surface area (Å²) in [7, 11) is 0. The molecule has 0 saturated carbocycles. The van der Waals surface area contributed by atoms with E-state index in [4.69, 9.17) is 0 Å². The first-order chi connectivity index (χ1) is 12.8. The van der Waals surface area contributed by atoms with Gasteiger partial charge in [-0.25, -0.2) is 13.8 Å². The van der Waals surface area contributed by atoms with Crippen molar-refractivity contribution in [2.24, 2.45) is 5.41 Å². The Balaban J connectivity index is 1.75. The van der Waals surface area contributed by atoms with E-state index in [1.54, 1.807) is 22.8 Å². The normalized spacial score (nSPS) is 15.1. The van der Waals surface area contributed by atoms with Crippen molar-refractivity contribution in [3.05, 3.63) is 75.3 Å². The maximum absolute atomic E-state index is 13.3. The number of fused-ring (bicyclic) bond motifs is 2. The number of hydrogen-bond acceptors (Lipinski definition) is 2. The van der Waals surface area contributed by atoms with Crippen molar-refractivity contribution >= 4 is 10.9 Å². The van der Waals surface area contributed by atoms with E-state index in [1.165, 1.54) is 6.07 Å². The molecule has 0 bridgehead atoms. The summed E-state index contributed by atoms with van der Waals surface area (Å²) in [6.07, 6.45) is 1.75. The molecular weight excluding hydrogens is 346 g/mol. The van der Waals surface area contributed by atoms with Crippen molar-refractivity contribution in [3.8, 4) is 11.8 Å². The molecule has 3 nitrogen and oxygen atoms in total. The van der Waals surface area contributed by atoms with E-state index < -0.39 is 11.6 Å². The summed E-state index contributed by atoms with van der Waals surface area (Å²) in [6, 6.07) is 8.79. The molecule has 0 N–H and O–H groups in total. The van der Waals surface area contributed by atoms with Crippen LogP contribution in [0.4, 0.5) is 8.78 Å². The molecule has 0 unspecified atom stereocenters. The van der Waals surface area contributed by atoms with E-state index in [0.717, 1.165) is 30.8 Å². The van der Waals surface area contributed by atoms with Gasteiger partial charge in [-0.05, 0) is 48.2 Å². The Labute approximate surface area is 155 Å². The van der Waals surface area contributed by atoms with Crippen molar-refractivity contribution in [2.45, 2.75) is 33.2 Å². The molecule has 1 aliphatic rings. The molecule has 1 aliphatic heterocycles. The van der Waals surface area contributed by atoms with Gasteiger partial charge in [-0.15, -0.1) is 0 Å². The number of nitrogens with zero attached hydrogens (tertiary/aromatic N) is 2. The molecule has 4 rings (SSSR count). The Morgan fingerprint density at radius 3 is 2.48 bits per heavy atom. The first-order valence-corrected chi connectivity index (χ1v) is 8.83. The summed E-state index contributed by atoms with van der Waals surface area (Å²) in [5.74, 6) is 4.72. The highest BCUT2D eigenvalue weighted by Gasteiger charge is 2.27. The van der Waals surface area contributed by atoms with Gasteiger partial charge in [-0.2, -0.15) is 0 Å². The predicted molar refractivity (Wildman–Crippen MR) is 100 cm³/mol. The monoisotopic (exact) mass is 364 g/mol. The van der Waals surface area contributed by atoms with Gasteiger partial charge in [0.2, 0.25) is 0 Å². The lowest BCUT2D eigenvalue weighted by molar-refractivity contribution is 0.240. The highest BCUT2D eigenvalue weighted by molar-refractivity contribution is 5.79. The molecule has 136 valence electrons. The molecule has 0 spiro atoms. The number of halogens is 2. The highest BCUT2D eigenvalue weighted by Crippen LogP contribution is 2.29. The SMILES string of the molecule is CC1(C)CCc2nc3cc(C#Cc4ccc(F)c(F)c4)ccc3c(=O)n2C1. The molecule has 2 heterocycles. The summed E-state index contributed by atoms with van der Waals surface area (Å²) in [4.78, 5) is 17.5. The molecule has 0 amide bonds. The second-order valence-corrected chi connectivity index (χ2v) is 7.69. The van der Waals surface area contributed by atoms with Crippen molar-refractivity contribution in [3.63, 3.8) is 0 Å². The second kappa shape index (κ2) is 6.31. The van der Waals surface area contributed by atoms with E-state index in [9.17, 15) is 13.6 Å². The molecule has 0 fully saturated rings. The number of benzene rings is 2. The summed E-state index contributed by atoms with van der Waals surface area (Å²) >= 11 is 0. The van der Waals surface area contributed by atoms with Crippen molar-refractivity contribution < 1.29 is 8.78 Å². The van der Waals surface area contributed by atoms with Crippen molar-refractivity contribution in [1.29, 1.82) is 0 Å². The van der Waals surface area contributed by atoms with Gasteiger partial charge in [0.1, 0.15) is 5.82 Å². The molecule has 5 heteroatoms. The van der Waals surface area contributed by atoms with Gasteiger partial charge in [-0.1, -0.05) is 25.7 Å². The molecule has 2 aromatic carbocycles. The van der Waals surface area contributed by atoms with Crippen LogP contribution in [0.3, 0.4) is 0 Å². The standard InChI is InChI=1S/C22H18F2N2O/c1-22(2)10-9-20-25-19-12-15(5-7-16(19)21(27)26(20)13-22)4-3-14-6-8-17(23)18(24)11-14/h5-8,11-12H,9-10,13H2,1-2H3. The van der Waals surface area contributed by atoms with E-state index in [1.807, 2.05) is 0 Å². The predicted octanol–water partition coefficient (Wildman–Crippen LogP) is 4.05. The Hall–Kier alpha value is -3.00. The summed E-state index contributed by atoms with van der Waals surface area (Å²) in [6.45, 7) is 4.98. The largest absolute Gasteiger partial charge is 0.296 e. The van der Waals surface area contributed by atoms with Gasteiger partial charge in [0, 0.05) is 24.1 Å². The molecule has 0 radical (unpaired) electrons. The molecular formula is C22H18F2N2O. The zero-order valence-corrected chi connectivity index (χ0v) is 15.1. The first-order valence-electron chi connectivity index (χ1n) is 8.83. The minimum absolute atomic E-state index is 0.0251. The smallest absolute Gasteiger partial charge is 0.261 e. The van der Waals surface area contributed by atoms with Crippen LogP contribution in [0.25, 0.3) is 10.9 Å². The van der Waals surface area contributed by atoms with Gasteiger partial charge in [0.15, 0.2) is 11.6 Å². The third-order valence-electron chi connectivity index (χ3n) is 4.92. The lowest BCUT2D eigenvalue weighted by atomic mass is 9.85. The molecule has 3 aromatic rings. The van der Waals surface area contributed by atoms with E-state index in [-0.39, 0.29) is 11.0 Å². The van der Waals surface area contributed by atoms with Crippen molar-refractivity contribution in [1.82, 2.24) is 9.55 Å². The first kappa shape index (κ1) is 17.4. The summed E-state index contributed by atoms with van der Waals surface area (Å²) in [5.41, 5.74) is 1.73. The van der Waals surface area contributed by atoms with E-state index >= 15 is 0 Å². The molecule has 27 heavy (non-hydrogen) atoms. The van der Waals surface area contributed by atoms with Gasteiger partial charge < -0.3 is 0 Å². The molecule has 0 aliphatic carbocycles. The quantitative estimate of drug-likeness (QED) is 0.564. The maximum Gasteiger partial charge on any atom is 0.261 e. The topological polar surface area (TPSA) is 34.9 Å². The van der Waals surface area contributed by atoms with E-state index in [0.29, 0.717) is 28.6 Å². The van der Waals surface area contributed by atoms with Crippen LogP contribution in [0.1, 0.15) is 37.2 Å². The van der Waals surface area contributed by atoms with Crippen molar-refractivity contribution in [2.75, 3.05) is 0 Å². The Bertz CT molecular complexity index is 1180. The second-order valence-electron chi connectivity index (χ2n) is 7.69. The zero-order valence-electron chi connectivity index (χ0n) is 15.1. The summed E-state index contributed by atoms with van der Waals surface area (Å²) < 4.78 is 28.1. The van der Waals surface area contributed by atoms with Crippen LogP contribution in [0, 0.1) is 28.9 Å². The van der Waals surface area contributed by atoms with Gasteiger partial charge in [0.25, 0.3) is 5.56 Å². The highest BCUT2D eigenvalue weighted by atomic mass is 19.2. The van der Waals surface area contributed by atoms with Crippen LogP contribution in [0.5, 0.6) is 0 Å². The number of hydrogen-bond donors (Lipinski definition) is 0. The van der Waals surface area contributed by atoms with Crippen LogP contribution < -0.4 is 5.56 Å². The fraction of sp³-hybridized carbons (Fsp3) is 0.273. The Kier molecular flexibility index (Phi) is 4.07. The molecule has 0 atom stereocenters. The fourth-order valence-electron chi connectivity index (χ4n) is 3.37. The van der Waals surface area contributed by atoms with Crippen LogP contribution in [0.15, 0.2) is 41.2 Å².